The molecule has 22 heteroatoms. The van der Waals surface area contributed by atoms with Gasteiger partial charge in [-0.1, -0.05) is 295 Å². The molecule has 13 rings (SSSR count). The van der Waals surface area contributed by atoms with Crippen LogP contribution in [0.15, 0.2) is 297 Å². The average molecular weight is 1790 g/mol. The molecule has 130 heavy (non-hydrogen) atoms. The van der Waals surface area contributed by atoms with Crippen LogP contribution in [0.3, 0.4) is 0 Å². The summed E-state index contributed by atoms with van der Waals surface area (Å²) in [7, 11) is 0. The van der Waals surface area contributed by atoms with Crippen LogP contribution in [0.25, 0.3) is 10.1 Å². The van der Waals surface area contributed by atoms with Crippen LogP contribution < -0.4 is 4.74 Å². The number of hydrogen-bond acceptors (Lipinski definition) is 19. The first-order chi connectivity index (χ1) is 62.5. The maximum atomic E-state index is 13.1. The Morgan fingerprint density at radius 3 is 1.24 bits per heavy atom. The second kappa shape index (κ2) is 53.6. The summed E-state index contributed by atoms with van der Waals surface area (Å²) in [5.41, 5.74) is 8.76. The van der Waals surface area contributed by atoms with Gasteiger partial charge >= 0.3 is 35.8 Å². The Bertz CT molecular complexity index is 5240. The van der Waals surface area contributed by atoms with E-state index in [0.717, 1.165) is 98.7 Å². The lowest BCUT2D eigenvalue weighted by atomic mass is 9.85. The van der Waals surface area contributed by atoms with Gasteiger partial charge in [0.25, 0.3) is 0 Å². The van der Waals surface area contributed by atoms with Crippen LogP contribution in [0.1, 0.15) is 197 Å². The van der Waals surface area contributed by atoms with Gasteiger partial charge in [0.15, 0.2) is 5.75 Å². The second-order valence-electron chi connectivity index (χ2n) is 32.9. The molecule has 1 saturated carbocycles. The number of aliphatic hydroxyl groups excluding tert-OH is 4. The van der Waals surface area contributed by atoms with Crippen molar-refractivity contribution >= 4 is 57.2 Å². The number of benzene rings is 10. The molecule has 18 nitrogen and oxygen atoms in total. The largest absolute Gasteiger partial charge is 0.461 e. The van der Waals surface area contributed by atoms with Gasteiger partial charge in [0.05, 0.1) is 41.3 Å². The lowest BCUT2D eigenvalue weighted by molar-refractivity contribution is -0.153. The standard InChI is InChI=1S/C20H22O3.2C19H21FO3.C18H20O3.C17H14FNO3S.C15H22O2/c1-14-7-9-16(10-8-14)18(19(21)17-11-12-17)20(22)23-13-15-5-3-2-4-6-15;1-13-5-4-6-14(11-13)12-23-18(21)17(19(2,3)22)15-7-9-16(20)10-8-15;1-13(2)18(21)17(15-8-10-16(20)11-9-15)19(22)23-12-14-6-4-3-5-7-14;1-2-16(19)17(15-11-7-4-8-12-15)18(20)21-13-14-9-5-3-6-10-14;1-10(20)16(11-2-4-12(18)5-3-11)17(21)22-14-9-23-15-6-7-19-8-13(14)15;1-3-8-14(9-4-2)15(16)17-12-13-10-6-5-7-11-13/h2-10,17-19,21H,11-13H2,1H3;4-11,17,22H,12H2,1-3H3;3-11,13,17-18,21H,12H2,1-2H3;3-12,16-17,19H,2,13H2,1H3;2-10,16,20H,1H3;5-7,10-11,14H,3-4,8-9,12H2,1-2H3. The Morgan fingerprint density at radius 2 is 0.815 bits per heavy atom. The monoisotopic (exact) mass is 1790 g/mol. The maximum Gasteiger partial charge on any atom is 0.321 e. The molecule has 1 fully saturated rings. The minimum absolute atomic E-state index is 0.0439. The van der Waals surface area contributed by atoms with E-state index in [-0.39, 0.29) is 67.9 Å². The summed E-state index contributed by atoms with van der Waals surface area (Å²) < 4.78 is 72.6. The predicted octanol–water partition coefficient (Wildman–Crippen LogP) is 21.7. The molecule has 0 amide bonds. The lowest BCUT2D eigenvalue weighted by Crippen LogP contribution is -2.35. The van der Waals surface area contributed by atoms with Crippen molar-refractivity contribution < 1.29 is 95.9 Å². The zero-order chi connectivity index (χ0) is 94.1. The second-order valence-corrected chi connectivity index (χ2v) is 33.8. The fourth-order valence-corrected chi connectivity index (χ4v) is 15.0. The van der Waals surface area contributed by atoms with Gasteiger partial charge in [-0.15, -0.1) is 11.3 Å². The van der Waals surface area contributed by atoms with E-state index < -0.39 is 89.1 Å². The van der Waals surface area contributed by atoms with Crippen LogP contribution in [-0.4, -0.2) is 96.3 Å². The molecule has 0 radical (unpaired) electrons. The number of rotatable bonds is 34. The van der Waals surface area contributed by atoms with Crippen molar-refractivity contribution in [2.75, 3.05) is 0 Å². The molecule has 9 atom stereocenters. The lowest BCUT2D eigenvalue weighted by Gasteiger charge is -2.28. The summed E-state index contributed by atoms with van der Waals surface area (Å²) in [6, 6.07) is 81.4. The van der Waals surface area contributed by atoms with Crippen molar-refractivity contribution in [3.63, 3.8) is 0 Å². The number of esters is 6. The van der Waals surface area contributed by atoms with Gasteiger partial charge in [0, 0.05) is 22.5 Å². The highest BCUT2D eigenvalue weighted by atomic mass is 32.1. The van der Waals surface area contributed by atoms with Crippen LogP contribution in [-0.2, 0) is 85.5 Å². The highest BCUT2D eigenvalue weighted by Crippen LogP contribution is 2.41. The van der Waals surface area contributed by atoms with Crippen molar-refractivity contribution in [2.24, 2.45) is 17.8 Å². The number of aromatic nitrogens is 1. The van der Waals surface area contributed by atoms with Crippen molar-refractivity contribution in [1.82, 2.24) is 4.98 Å². The zero-order valence-corrected chi connectivity index (χ0v) is 76.1. The van der Waals surface area contributed by atoms with Crippen molar-refractivity contribution in [3.8, 4) is 5.75 Å². The number of aliphatic hydroxyl groups is 5. The van der Waals surface area contributed by atoms with E-state index in [1.807, 2.05) is 241 Å². The molecular weight excluding hydrogens is 1670 g/mol. The normalized spacial score (nSPS) is 13.6. The summed E-state index contributed by atoms with van der Waals surface area (Å²) in [5, 5.41) is 53.8. The number of carbonyl (C=O) groups is 6. The molecule has 0 spiro atoms. The van der Waals surface area contributed by atoms with Crippen LogP contribution in [0.2, 0.25) is 0 Å². The third kappa shape index (κ3) is 34.0. The van der Waals surface area contributed by atoms with Gasteiger partial charge in [-0.05, 0) is 177 Å². The van der Waals surface area contributed by atoms with Crippen molar-refractivity contribution in [3.05, 3.63) is 381 Å². The predicted molar refractivity (Wildman–Crippen MR) is 499 cm³/mol. The van der Waals surface area contributed by atoms with Crippen molar-refractivity contribution in [2.45, 2.75) is 207 Å². The summed E-state index contributed by atoms with van der Waals surface area (Å²) in [5.74, 6) is -6.87. The quantitative estimate of drug-likeness (QED) is 0.0185. The average Bonchev–Trinajstić information content (AvgIpc) is 1.78. The van der Waals surface area contributed by atoms with E-state index in [2.05, 4.69) is 18.8 Å². The molecule has 0 aliphatic heterocycles. The topological polar surface area (TPSA) is 272 Å². The molecule has 1 aliphatic rings. The minimum atomic E-state index is -1.32. The first kappa shape index (κ1) is 103. The number of hydrogen-bond donors (Lipinski definition) is 5. The van der Waals surface area contributed by atoms with Crippen LogP contribution in [0.4, 0.5) is 13.2 Å². The van der Waals surface area contributed by atoms with Gasteiger partial charge < -0.3 is 54.0 Å². The number of pyridine rings is 1. The Labute approximate surface area is 765 Å². The third-order valence-electron chi connectivity index (χ3n) is 21.5. The van der Waals surface area contributed by atoms with Crippen molar-refractivity contribution in [1.29, 1.82) is 0 Å². The van der Waals surface area contributed by atoms with E-state index in [1.165, 1.54) is 105 Å². The number of thiophene rings is 1. The highest BCUT2D eigenvalue weighted by molar-refractivity contribution is 7.17. The number of aryl methyl sites for hydroxylation is 2. The molecule has 12 aromatic rings. The summed E-state index contributed by atoms with van der Waals surface area (Å²) in [6.07, 6.45) is 6.42. The molecule has 2 aromatic heterocycles. The van der Waals surface area contributed by atoms with E-state index in [0.29, 0.717) is 35.5 Å². The molecule has 10 aromatic carbocycles. The maximum absolute atomic E-state index is 13.1. The summed E-state index contributed by atoms with van der Waals surface area (Å²) in [4.78, 5) is 78.2. The number of nitrogens with zero attached hydrogens (tertiary/aromatic N) is 1. The first-order valence-corrected chi connectivity index (χ1v) is 44.7. The molecule has 9 unspecified atom stereocenters. The molecule has 5 N–H and O–H groups in total. The van der Waals surface area contributed by atoms with Crippen LogP contribution in [0.5, 0.6) is 5.75 Å². The van der Waals surface area contributed by atoms with E-state index >= 15 is 0 Å². The Hall–Kier alpha value is -12.3. The Morgan fingerprint density at radius 1 is 0.431 bits per heavy atom. The van der Waals surface area contributed by atoms with Crippen LogP contribution in [0, 0.1) is 49.1 Å². The number of fused-ring (bicyclic) bond motifs is 1. The SMILES string of the molecule is CC(C)C(O)C(C(=O)OCc1ccccc1)c1ccc(F)cc1.CC(O)C(C(=O)Oc1csc2ccncc12)c1ccc(F)cc1.CCC(O)C(C(=O)OCc1ccccc1)c1ccccc1.CCCC(CCC)C(=O)OCc1ccccc1.Cc1ccc(C(C(=O)OCc2ccccc2)C(O)C2CC2)cc1.Cc1cccc(COC(=O)C(c2ccc(F)cc2)C(C)(C)O)c1. The highest BCUT2D eigenvalue weighted by Gasteiger charge is 2.41. The van der Waals surface area contributed by atoms with E-state index in [4.69, 9.17) is 28.4 Å². The van der Waals surface area contributed by atoms with Gasteiger partial charge in [-0.3, -0.25) is 33.8 Å². The molecular formula is C108H120F3NO17S. The first-order valence-electron chi connectivity index (χ1n) is 43.9. The molecule has 1 aliphatic carbocycles. The van der Waals surface area contributed by atoms with E-state index in [9.17, 15) is 67.5 Å². The Balaban J connectivity index is 0.000000193. The van der Waals surface area contributed by atoms with E-state index in [1.54, 1.807) is 17.8 Å². The van der Waals surface area contributed by atoms with Crippen LogP contribution >= 0.6 is 11.3 Å². The molecule has 0 bridgehead atoms. The van der Waals surface area contributed by atoms with Gasteiger partial charge in [0.1, 0.15) is 80.1 Å². The fraction of sp³-hybridized carbons (Fsp3) is 0.324. The minimum Gasteiger partial charge on any atom is -0.461 e. The fourth-order valence-electron chi connectivity index (χ4n) is 14.2. The smallest absolute Gasteiger partial charge is 0.321 e. The number of carbonyl (C=O) groups excluding carboxylic acids is 6. The van der Waals surface area contributed by atoms with Gasteiger partial charge in [0.2, 0.25) is 0 Å². The van der Waals surface area contributed by atoms with Gasteiger partial charge in [-0.25, -0.2) is 13.2 Å². The molecule has 2 heterocycles. The molecule has 0 saturated heterocycles. The third-order valence-corrected chi connectivity index (χ3v) is 22.4. The Kier molecular flexibility index (Phi) is 42.5. The summed E-state index contributed by atoms with van der Waals surface area (Å²) >= 11 is 1.44. The summed E-state index contributed by atoms with van der Waals surface area (Å²) in [6.45, 7) is 19.4. The zero-order valence-electron chi connectivity index (χ0n) is 75.3. The molecule has 686 valence electrons. The van der Waals surface area contributed by atoms with Gasteiger partial charge in [-0.2, -0.15) is 0 Å². The number of ether oxygens (including phenoxy) is 6. The number of halogens is 3.